The summed E-state index contributed by atoms with van der Waals surface area (Å²) in [7, 11) is 0. The summed E-state index contributed by atoms with van der Waals surface area (Å²) in [6.45, 7) is 9.68. The molecule has 0 aliphatic carbocycles. The van der Waals surface area contributed by atoms with Gasteiger partial charge in [-0.3, -0.25) is 0 Å². The van der Waals surface area contributed by atoms with Gasteiger partial charge in [0.1, 0.15) is 5.75 Å². The Kier molecular flexibility index (Phi) is 3.56. The summed E-state index contributed by atoms with van der Waals surface area (Å²) in [6, 6.07) is 3.50. The lowest BCUT2D eigenvalue weighted by atomic mass is 10.1. The van der Waals surface area contributed by atoms with Crippen LogP contribution in [0.3, 0.4) is 0 Å². The maximum atomic E-state index is 9.44. The molecule has 0 aliphatic rings. The van der Waals surface area contributed by atoms with E-state index < -0.39 is 0 Å². The molecule has 1 aromatic rings. The molecule has 0 saturated carbocycles. The number of aryl methyl sites for hydroxylation is 2. The largest absolute Gasteiger partial charge is 0.508 e. The Balaban J connectivity index is 3.28. The minimum atomic E-state index is 0.304. The Morgan fingerprint density at radius 1 is 1.27 bits per heavy atom. The maximum Gasteiger partial charge on any atom is 0.116 e. The van der Waals surface area contributed by atoms with Crippen LogP contribution < -0.4 is 4.90 Å². The molecule has 2 nitrogen and oxygen atoms in total. The minimum absolute atomic E-state index is 0.304. The van der Waals surface area contributed by atoms with Gasteiger partial charge in [-0.15, -0.1) is 0 Å². The first-order valence-corrected chi connectivity index (χ1v) is 4.94. The summed E-state index contributed by atoms with van der Waals surface area (Å²) in [4.78, 5) is 1.95. The Bertz CT molecular complexity index is 371. The van der Waals surface area contributed by atoms with E-state index in [0.717, 1.165) is 16.8 Å². The van der Waals surface area contributed by atoms with Crippen LogP contribution in [0, 0.1) is 13.8 Å². The molecule has 0 spiro atoms. The van der Waals surface area contributed by atoms with E-state index in [1.54, 1.807) is 18.3 Å². The summed E-state index contributed by atoms with van der Waals surface area (Å²) in [5, 5.41) is 9.44. The van der Waals surface area contributed by atoms with E-state index in [1.807, 2.05) is 37.9 Å². The molecule has 0 atom stereocenters. The Hall–Kier alpha value is -1.70. The van der Waals surface area contributed by atoms with Crippen molar-refractivity contribution in [3.8, 4) is 5.75 Å². The van der Waals surface area contributed by atoms with Crippen molar-refractivity contribution >= 4 is 5.69 Å². The minimum Gasteiger partial charge on any atom is -0.508 e. The van der Waals surface area contributed by atoms with E-state index in [4.69, 9.17) is 0 Å². The fourth-order valence-electron chi connectivity index (χ4n) is 1.73. The van der Waals surface area contributed by atoms with Gasteiger partial charge < -0.3 is 10.0 Å². The molecule has 0 fully saturated rings. The van der Waals surface area contributed by atoms with Crippen LogP contribution in [-0.2, 0) is 0 Å². The standard InChI is InChI=1S/C13H17NO/c1-5-7-14(6-2)13-10(3)8-12(15)9-11(13)4/h5-9,15H,2H2,1,3-4H3/b7-5-. The Morgan fingerprint density at radius 3 is 2.20 bits per heavy atom. The number of rotatable bonds is 3. The van der Waals surface area contributed by atoms with Crippen LogP contribution in [0.2, 0.25) is 0 Å². The van der Waals surface area contributed by atoms with E-state index in [-0.39, 0.29) is 0 Å². The molecule has 1 N–H and O–H groups in total. The van der Waals surface area contributed by atoms with Crippen molar-refractivity contribution in [2.75, 3.05) is 4.90 Å². The molecule has 0 amide bonds. The number of hydrogen-bond donors (Lipinski definition) is 1. The van der Waals surface area contributed by atoms with Crippen molar-refractivity contribution in [3.63, 3.8) is 0 Å². The highest BCUT2D eigenvalue weighted by molar-refractivity contribution is 5.64. The van der Waals surface area contributed by atoms with E-state index in [9.17, 15) is 5.11 Å². The lowest BCUT2D eigenvalue weighted by Gasteiger charge is -2.20. The van der Waals surface area contributed by atoms with Crippen molar-refractivity contribution < 1.29 is 5.11 Å². The van der Waals surface area contributed by atoms with Gasteiger partial charge in [-0.25, -0.2) is 0 Å². The number of allylic oxidation sites excluding steroid dienone is 1. The molecule has 0 unspecified atom stereocenters. The molecule has 0 aromatic heterocycles. The fraction of sp³-hybridized carbons (Fsp3) is 0.231. The highest BCUT2D eigenvalue weighted by Gasteiger charge is 2.08. The highest BCUT2D eigenvalue weighted by atomic mass is 16.3. The fourth-order valence-corrected chi connectivity index (χ4v) is 1.73. The number of phenols is 1. The average molecular weight is 203 g/mol. The summed E-state index contributed by atoms with van der Waals surface area (Å²) in [5.41, 5.74) is 3.14. The van der Waals surface area contributed by atoms with Gasteiger partial charge >= 0.3 is 0 Å². The quantitative estimate of drug-likeness (QED) is 0.812. The summed E-state index contributed by atoms with van der Waals surface area (Å²) in [6.07, 6.45) is 5.65. The third-order valence-electron chi connectivity index (χ3n) is 2.24. The first-order chi connectivity index (χ1) is 7.10. The van der Waals surface area contributed by atoms with Crippen molar-refractivity contribution in [1.82, 2.24) is 0 Å². The SMILES string of the molecule is C=CN(/C=C\C)c1c(C)cc(O)cc1C. The zero-order chi connectivity index (χ0) is 11.4. The summed E-state index contributed by atoms with van der Waals surface area (Å²) < 4.78 is 0. The lowest BCUT2D eigenvalue weighted by Crippen LogP contribution is -2.09. The number of aromatic hydroxyl groups is 1. The third kappa shape index (κ3) is 2.40. The average Bonchev–Trinajstić information content (AvgIpc) is 2.14. The molecule has 0 saturated heterocycles. The predicted molar refractivity (Wildman–Crippen MR) is 65.1 cm³/mol. The molecule has 0 aliphatic heterocycles. The van der Waals surface area contributed by atoms with Crippen LogP contribution in [0.25, 0.3) is 0 Å². The lowest BCUT2D eigenvalue weighted by molar-refractivity contribution is 0.474. The second-order valence-electron chi connectivity index (χ2n) is 3.50. The van der Waals surface area contributed by atoms with Gasteiger partial charge in [0, 0.05) is 12.4 Å². The van der Waals surface area contributed by atoms with E-state index in [2.05, 4.69) is 6.58 Å². The first kappa shape index (κ1) is 11.4. The number of benzene rings is 1. The molecule has 1 aromatic carbocycles. The second-order valence-corrected chi connectivity index (χ2v) is 3.50. The van der Waals surface area contributed by atoms with Crippen molar-refractivity contribution in [1.29, 1.82) is 0 Å². The van der Waals surface area contributed by atoms with Crippen molar-refractivity contribution in [2.24, 2.45) is 0 Å². The predicted octanol–water partition coefficient (Wildman–Crippen LogP) is 3.49. The van der Waals surface area contributed by atoms with Gasteiger partial charge in [0.2, 0.25) is 0 Å². The highest BCUT2D eigenvalue weighted by Crippen LogP contribution is 2.29. The molecular formula is C13H17NO. The number of anilines is 1. The van der Waals surface area contributed by atoms with Gasteiger partial charge in [-0.1, -0.05) is 12.7 Å². The first-order valence-electron chi connectivity index (χ1n) is 4.94. The molecule has 15 heavy (non-hydrogen) atoms. The van der Waals surface area contributed by atoms with E-state index >= 15 is 0 Å². The zero-order valence-electron chi connectivity index (χ0n) is 9.49. The molecular weight excluding hydrogens is 186 g/mol. The second kappa shape index (κ2) is 4.69. The van der Waals surface area contributed by atoms with Crippen LogP contribution >= 0.6 is 0 Å². The van der Waals surface area contributed by atoms with Gasteiger partial charge in [0.15, 0.2) is 0 Å². The molecule has 80 valence electrons. The number of hydrogen-bond acceptors (Lipinski definition) is 2. The van der Waals surface area contributed by atoms with Crippen LogP contribution in [0.1, 0.15) is 18.1 Å². The smallest absolute Gasteiger partial charge is 0.116 e. The van der Waals surface area contributed by atoms with Crippen LogP contribution in [0.4, 0.5) is 5.69 Å². The van der Waals surface area contributed by atoms with Crippen molar-refractivity contribution in [3.05, 3.63) is 48.3 Å². The topological polar surface area (TPSA) is 23.5 Å². The summed E-state index contributed by atoms with van der Waals surface area (Å²) >= 11 is 0. The summed E-state index contributed by atoms with van der Waals surface area (Å²) in [5.74, 6) is 0.304. The van der Waals surface area contributed by atoms with Gasteiger partial charge in [-0.05, 0) is 44.0 Å². The molecule has 2 heteroatoms. The molecule has 1 rings (SSSR count). The zero-order valence-corrected chi connectivity index (χ0v) is 9.49. The molecule has 0 bridgehead atoms. The number of phenolic OH excluding ortho intramolecular Hbond substituents is 1. The monoisotopic (exact) mass is 203 g/mol. The van der Waals surface area contributed by atoms with Gasteiger partial charge in [0.25, 0.3) is 0 Å². The van der Waals surface area contributed by atoms with Gasteiger partial charge in [-0.2, -0.15) is 0 Å². The number of nitrogens with zero attached hydrogens (tertiary/aromatic N) is 1. The van der Waals surface area contributed by atoms with E-state index in [0.29, 0.717) is 5.75 Å². The maximum absolute atomic E-state index is 9.44. The van der Waals surface area contributed by atoms with Crippen LogP contribution in [-0.4, -0.2) is 5.11 Å². The molecule has 0 radical (unpaired) electrons. The van der Waals surface area contributed by atoms with E-state index in [1.165, 1.54) is 0 Å². The van der Waals surface area contributed by atoms with Crippen LogP contribution in [0.15, 0.2) is 37.2 Å². The van der Waals surface area contributed by atoms with Crippen LogP contribution in [0.5, 0.6) is 5.75 Å². The Morgan fingerprint density at radius 2 is 1.80 bits per heavy atom. The third-order valence-corrected chi connectivity index (χ3v) is 2.24. The van der Waals surface area contributed by atoms with Crippen molar-refractivity contribution in [2.45, 2.75) is 20.8 Å². The molecule has 0 heterocycles. The van der Waals surface area contributed by atoms with Gasteiger partial charge in [0.05, 0.1) is 5.69 Å². The normalized spacial score (nSPS) is 10.6. The Labute approximate surface area is 91.2 Å².